The number of rotatable bonds is 2. The average molecular weight is 152 g/mol. The smallest absolute Gasteiger partial charge is 0.269 e. The number of hydrogen-bond donors (Lipinski definition) is 1. The van der Waals surface area contributed by atoms with Crippen molar-refractivity contribution in [3.05, 3.63) is 27.9 Å². The van der Waals surface area contributed by atoms with Crippen molar-refractivity contribution in [2.45, 2.75) is 13.3 Å². The molecule has 0 unspecified atom stereocenters. The lowest BCUT2D eigenvalue weighted by atomic mass is 10.3. The van der Waals surface area contributed by atoms with Gasteiger partial charge in [-0.15, -0.1) is 0 Å². The quantitative estimate of drug-likeness (QED) is 0.613. The number of aromatic amines is 1. The number of aromatic nitrogens is 2. The molecule has 0 radical (unpaired) electrons. The second kappa shape index (κ2) is 3.09. The molecule has 0 saturated carbocycles. The van der Waals surface area contributed by atoms with Gasteiger partial charge in [0.25, 0.3) is 5.56 Å². The van der Waals surface area contributed by atoms with Crippen molar-refractivity contribution in [1.82, 2.24) is 9.97 Å². The van der Waals surface area contributed by atoms with Gasteiger partial charge < -0.3 is 4.98 Å². The molecule has 0 fully saturated rings. The molecule has 0 spiro atoms. The predicted octanol–water partition coefficient (Wildman–Crippen LogP) is 0.145. The zero-order valence-electron chi connectivity index (χ0n) is 6.13. The Morgan fingerprint density at radius 1 is 1.73 bits per heavy atom. The molecule has 1 aromatic rings. The van der Waals surface area contributed by atoms with E-state index in [-0.39, 0.29) is 11.3 Å². The highest BCUT2D eigenvalue weighted by Gasteiger charge is 1.98. The molecule has 58 valence electrons. The Bertz CT molecular complexity index is 316. The van der Waals surface area contributed by atoms with E-state index in [1.165, 1.54) is 6.20 Å². The number of carbonyl (C=O) groups excluding carboxylic acids is 1. The Hall–Kier alpha value is -1.45. The number of aldehydes is 1. The first kappa shape index (κ1) is 7.65. The lowest BCUT2D eigenvalue weighted by Crippen LogP contribution is -2.14. The number of carbonyl (C=O) groups is 1. The van der Waals surface area contributed by atoms with Crippen LogP contribution in [0, 0.1) is 0 Å². The van der Waals surface area contributed by atoms with E-state index in [2.05, 4.69) is 9.97 Å². The van der Waals surface area contributed by atoms with Crippen LogP contribution in [0.25, 0.3) is 0 Å². The van der Waals surface area contributed by atoms with Gasteiger partial charge in [-0.05, 0) is 6.42 Å². The van der Waals surface area contributed by atoms with E-state index in [4.69, 9.17) is 0 Å². The fourth-order valence-corrected chi connectivity index (χ4v) is 0.762. The number of aryl methyl sites for hydroxylation is 1. The first-order chi connectivity index (χ1) is 5.27. The third-order valence-corrected chi connectivity index (χ3v) is 1.33. The maximum absolute atomic E-state index is 10.9. The van der Waals surface area contributed by atoms with Crippen molar-refractivity contribution < 1.29 is 4.79 Å². The van der Waals surface area contributed by atoms with E-state index in [0.29, 0.717) is 18.4 Å². The molecule has 0 aliphatic heterocycles. The van der Waals surface area contributed by atoms with Crippen LogP contribution in [0.4, 0.5) is 0 Å². The van der Waals surface area contributed by atoms with Crippen LogP contribution < -0.4 is 5.56 Å². The van der Waals surface area contributed by atoms with Gasteiger partial charge in [0.05, 0.1) is 0 Å². The average Bonchev–Trinajstić information content (AvgIpc) is 2.05. The summed E-state index contributed by atoms with van der Waals surface area (Å²) in [6, 6.07) is 0. The van der Waals surface area contributed by atoms with Crippen molar-refractivity contribution in [2.24, 2.45) is 0 Å². The topological polar surface area (TPSA) is 62.8 Å². The molecule has 1 heterocycles. The van der Waals surface area contributed by atoms with E-state index < -0.39 is 0 Å². The van der Waals surface area contributed by atoms with Crippen LogP contribution in [-0.4, -0.2) is 16.3 Å². The minimum atomic E-state index is -0.224. The molecule has 1 aromatic heterocycles. The monoisotopic (exact) mass is 152 g/mol. The third-order valence-electron chi connectivity index (χ3n) is 1.33. The fraction of sp³-hybridized carbons (Fsp3) is 0.286. The normalized spacial score (nSPS) is 9.55. The van der Waals surface area contributed by atoms with Crippen molar-refractivity contribution in [1.29, 1.82) is 0 Å². The lowest BCUT2D eigenvalue weighted by Gasteiger charge is -1.93. The standard InChI is InChI=1S/C7H8N2O2/c1-2-6-7(11)8-3-5(4-10)9-6/h3-4H,2H2,1H3,(H,8,11). The van der Waals surface area contributed by atoms with Crippen LogP contribution in [0.5, 0.6) is 0 Å². The summed E-state index contributed by atoms with van der Waals surface area (Å²) in [4.78, 5) is 27.3. The molecule has 0 aliphatic rings. The molecule has 0 aliphatic carbocycles. The highest BCUT2D eigenvalue weighted by molar-refractivity contribution is 5.70. The van der Waals surface area contributed by atoms with Gasteiger partial charge in [0.1, 0.15) is 11.4 Å². The summed E-state index contributed by atoms with van der Waals surface area (Å²) in [5.74, 6) is 0. The van der Waals surface area contributed by atoms with Crippen molar-refractivity contribution in [3.8, 4) is 0 Å². The number of nitrogens with zero attached hydrogens (tertiary/aromatic N) is 1. The van der Waals surface area contributed by atoms with Crippen LogP contribution in [0.3, 0.4) is 0 Å². The highest BCUT2D eigenvalue weighted by Crippen LogP contribution is 1.87. The van der Waals surface area contributed by atoms with E-state index in [0.717, 1.165) is 0 Å². The molecule has 0 aromatic carbocycles. The summed E-state index contributed by atoms with van der Waals surface area (Å²) in [7, 11) is 0. The van der Waals surface area contributed by atoms with Crippen molar-refractivity contribution in [3.63, 3.8) is 0 Å². The molecular formula is C7H8N2O2. The molecule has 11 heavy (non-hydrogen) atoms. The van der Waals surface area contributed by atoms with Gasteiger partial charge in [-0.25, -0.2) is 4.98 Å². The minimum Gasteiger partial charge on any atom is -0.325 e. The second-order valence-corrected chi connectivity index (χ2v) is 2.07. The Labute approximate surface area is 63.3 Å². The van der Waals surface area contributed by atoms with Crippen LogP contribution in [-0.2, 0) is 6.42 Å². The summed E-state index contributed by atoms with van der Waals surface area (Å²) in [6.45, 7) is 1.81. The van der Waals surface area contributed by atoms with Crippen LogP contribution in [0.1, 0.15) is 23.1 Å². The summed E-state index contributed by atoms with van der Waals surface area (Å²) >= 11 is 0. The van der Waals surface area contributed by atoms with Gasteiger partial charge in [0.2, 0.25) is 0 Å². The van der Waals surface area contributed by atoms with Crippen LogP contribution >= 0.6 is 0 Å². The molecule has 1 N–H and O–H groups in total. The fourth-order valence-electron chi connectivity index (χ4n) is 0.762. The van der Waals surface area contributed by atoms with E-state index in [9.17, 15) is 9.59 Å². The first-order valence-electron chi connectivity index (χ1n) is 3.31. The molecule has 4 nitrogen and oxygen atoms in total. The molecule has 0 amide bonds. The van der Waals surface area contributed by atoms with Crippen LogP contribution in [0.2, 0.25) is 0 Å². The summed E-state index contributed by atoms with van der Waals surface area (Å²) in [5, 5.41) is 0. The molecule has 0 atom stereocenters. The van der Waals surface area contributed by atoms with E-state index >= 15 is 0 Å². The van der Waals surface area contributed by atoms with E-state index in [1.807, 2.05) is 6.92 Å². The van der Waals surface area contributed by atoms with Gasteiger partial charge in [-0.2, -0.15) is 0 Å². The van der Waals surface area contributed by atoms with Gasteiger partial charge >= 0.3 is 0 Å². The SMILES string of the molecule is CCc1nc(C=O)c[nH]c1=O. The molecule has 0 bridgehead atoms. The number of H-pyrrole nitrogens is 1. The maximum Gasteiger partial charge on any atom is 0.269 e. The first-order valence-corrected chi connectivity index (χ1v) is 3.31. The Morgan fingerprint density at radius 3 is 3.00 bits per heavy atom. The molecular weight excluding hydrogens is 144 g/mol. The number of nitrogens with one attached hydrogen (secondary N) is 1. The minimum absolute atomic E-state index is 0.224. The predicted molar refractivity (Wildman–Crippen MR) is 39.6 cm³/mol. The van der Waals surface area contributed by atoms with Crippen molar-refractivity contribution >= 4 is 6.29 Å². The van der Waals surface area contributed by atoms with Crippen molar-refractivity contribution in [2.75, 3.05) is 0 Å². The molecule has 0 saturated heterocycles. The zero-order chi connectivity index (χ0) is 8.27. The zero-order valence-corrected chi connectivity index (χ0v) is 6.13. The molecule has 4 heteroatoms. The summed E-state index contributed by atoms with van der Waals surface area (Å²) < 4.78 is 0. The van der Waals surface area contributed by atoms with Gasteiger partial charge in [0, 0.05) is 6.20 Å². The van der Waals surface area contributed by atoms with Crippen LogP contribution in [0.15, 0.2) is 11.0 Å². The number of hydrogen-bond acceptors (Lipinski definition) is 3. The Kier molecular flexibility index (Phi) is 2.15. The summed E-state index contributed by atoms with van der Waals surface area (Å²) in [5.41, 5.74) is 0.439. The van der Waals surface area contributed by atoms with Gasteiger partial charge in [-0.1, -0.05) is 6.92 Å². The lowest BCUT2D eigenvalue weighted by molar-refractivity contribution is 0.111. The second-order valence-electron chi connectivity index (χ2n) is 2.07. The third kappa shape index (κ3) is 1.52. The summed E-state index contributed by atoms with van der Waals surface area (Å²) in [6.07, 6.45) is 2.45. The van der Waals surface area contributed by atoms with Gasteiger partial charge in [-0.3, -0.25) is 9.59 Å². The van der Waals surface area contributed by atoms with Gasteiger partial charge in [0.15, 0.2) is 6.29 Å². The van der Waals surface area contributed by atoms with E-state index in [1.54, 1.807) is 0 Å². The molecule has 1 rings (SSSR count). The Balaban J connectivity index is 3.23. The maximum atomic E-state index is 10.9. The largest absolute Gasteiger partial charge is 0.325 e. The highest BCUT2D eigenvalue weighted by atomic mass is 16.1. The Morgan fingerprint density at radius 2 is 2.45 bits per heavy atom.